The smallest absolute Gasteiger partial charge is 0.232 e. The zero-order valence-corrected chi connectivity index (χ0v) is 23.7. The molecule has 0 atom stereocenters. The highest BCUT2D eigenvalue weighted by Crippen LogP contribution is 2.39. The van der Waals surface area contributed by atoms with Crippen LogP contribution >= 0.6 is 0 Å². The third kappa shape index (κ3) is 6.79. The van der Waals surface area contributed by atoms with Gasteiger partial charge in [0.25, 0.3) is 0 Å². The molecule has 0 aliphatic carbocycles. The Kier molecular flexibility index (Phi) is 8.63. The lowest BCUT2D eigenvalue weighted by atomic mass is 9.79. The van der Waals surface area contributed by atoms with E-state index in [1.54, 1.807) is 4.90 Å². The first-order valence-electron chi connectivity index (χ1n) is 13.2. The number of aliphatic hydroxyl groups is 2. The van der Waals surface area contributed by atoms with Crippen molar-refractivity contribution in [2.24, 2.45) is 0 Å². The minimum Gasteiger partial charge on any atom is -0.395 e. The Morgan fingerprint density at radius 2 is 1.03 bits per heavy atom. The van der Waals surface area contributed by atoms with E-state index in [1.807, 2.05) is 55.4 Å². The van der Waals surface area contributed by atoms with Gasteiger partial charge in [-0.3, -0.25) is 0 Å². The highest BCUT2D eigenvalue weighted by molar-refractivity contribution is 5.45. The minimum atomic E-state index is -0.556. The maximum atomic E-state index is 12.8. The first kappa shape index (κ1) is 29.7. The number of aliphatic hydroxyl groups excluding tert-OH is 2. The van der Waals surface area contributed by atoms with Crippen LogP contribution in [0.15, 0.2) is 0 Å². The molecule has 4 N–H and O–H groups in total. The van der Waals surface area contributed by atoms with Crippen molar-refractivity contribution in [3.8, 4) is 0 Å². The summed E-state index contributed by atoms with van der Waals surface area (Å²) in [4.78, 5) is 15.6. The number of hydrogen-bond acceptors (Lipinski definition) is 10. The van der Waals surface area contributed by atoms with Crippen LogP contribution in [0, 0.1) is 0 Å². The molecular formula is C25H46N8O4. The van der Waals surface area contributed by atoms with Crippen molar-refractivity contribution >= 4 is 17.8 Å². The number of nitrogens with zero attached hydrogens (tertiary/aromatic N) is 6. The largest absolute Gasteiger partial charge is 0.395 e. The number of aromatic nitrogens is 3. The molecule has 0 saturated carbocycles. The molecule has 3 rings (SSSR count). The maximum absolute atomic E-state index is 12.8. The minimum absolute atomic E-state index is 0.0380. The van der Waals surface area contributed by atoms with E-state index < -0.39 is 22.2 Å². The van der Waals surface area contributed by atoms with Crippen LogP contribution in [-0.4, -0.2) is 95.8 Å². The molecule has 2 radical (unpaired) electrons. The Hall–Kier alpha value is -1.83. The summed E-state index contributed by atoms with van der Waals surface area (Å²) < 4.78 is 0. The van der Waals surface area contributed by atoms with E-state index in [9.17, 15) is 20.6 Å². The first-order valence-corrected chi connectivity index (χ1v) is 13.2. The topological polar surface area (TPSA) is 153 Å². The molecule has 2 aliphatic rings. The Morgan fingerprint density at radius 1 is 0.703 bits per heavy atom. The second-order valence-electron chi connectivity index (χ2n) is 13.1. The average Bonchev–Trinajstić information content (AvgIpc) is 2.74. The fraction of sp³-hybridized carbons (Fsp3) is 0.880. The number of rotatable bonds is 9. The van der Waals surface area contributed by atoms with Gasteiger partial charge in [0.2, 0.25) is 17.8 Å². The van der Waals surface area contributed by atoms with Gasteiger partial charge in [0.15, 0.2) is 0 Å². The average molecular weight is 523 g/mol. The van der Waals surface area contributed by atoms with Gasteiger partial charge in [0.05, 0.1) is 13.2 Å². The van der Waals surface area contributed by atoms with Crippen LogP contribution < -0.4 is 15.5 Å². The molecule has 210 valence electrons. The summed E-state index contributed by atoms with van der Waals surface area (Å²) in [5.41, 5.74) is -2.22. The summed E-state index contributed by atoms with van der Waals surface area (Å²) in [6.07, 6.45) is 2.46. The molecule has 1 aromatic rings. The van der Waals surface area contributed by atoms with Crippen LogP contribution in [0.3, 0.4) is 0 Å². The van der Waals surface area contributed by atoms with Gasteiger partial charge in [-0.1, -0.05) is 0 Å². The SMILES string of the molecule is CC1(C)CC(Nc2nc(NC3CC(C)(C)N([O])C(C)(C)C3)nc(N(CCO)CCO)n2)CC(C)(C)N1[O]. The summed E-state index contributed by atoms with van der Waals surface area (Å²) in [6.45, 7) is 15.8. The monoisotopic (exact) mass is 522 g/mol. The molecule has 0 spiro atoms. The quantitative estimate of drug-likeness (QED) is 0.380. The van der Waals surface area contributed by atoms with Gasteiger partial charge in [-0.25, -0.2) is 0 Å². The summed E-state index contributed by atoms with van der Waals surface area (Å²) in [5.74, 6) is 1.07. The standard InChI is InChI=1S/C25H46N8O4/c1-22(2)13-17(14-23(3,4)32(22)36)26-19-28-20(30-21(29-19)31(9-11-34)10-12-35)27-18-15-24(5,6)33(37)25(7,8)16-18/h17-18,34-35H,9-16H2,1-8H3,(H2,26,27,28,29,30). The Morgan fingerprint density at radius 3 is 1.32 bits per heavy atom. The summed E-state index contributed by atoms with van der Waals surface area (Å²) in [6, 6.07) is -0.0759. The van der Waals surface area contributed by atoms with Crippen LogP contribution in [0.4, 0.5) is 17.8 Å². The molecule has 0 unspecified atom stereocenters. The van der Waals surface area contributed by atoms with Crippen LogP contribution in [0.25, 0.3) is 0 Å². The number of piperidine rings is 2. The van der Waals surface area contributed by atoms with Gasteiger partial charge in [-0.05, 0) is 81.1 Å². The summed E-state index contributed by atoms with van der Waals surface area (Å²) >= 11 is 0. The molecular weight excluding hydrogens is 476 g/mol. The van der Waals surface area contributed by atoms with Crippen molar-refractivity contribution < 1.29 is 20.6 Å². The maximum Gasteiger partial charge on any atom is 0.232 e. The summed E-state index contributed by atoms with van der Waals surface area (Å²) in [5, 5.41) is 54.0. The molecule has 1 aromatic heterocycles. The fourth-order valence-electron chi connectivity index (χ4n) is 6.28. The van der Waals surface area contributed by atoms with Gasteiger partial charge < -0.3 is 25.7 Å². The van der Waals surface area contributed by atoms with Gasteiger partial charge in [-0.15, -0.1) is 20.5 Å². The van der Waals surface area contributed by atoms with Crippen molar-refractivity contribution in [1.29, 1.82) is 0 Å². The number of nitrogens with one attached hydrogen (secondary N) is 2. The lowest BCUT2D eigenvalue weighted by Crippen LogP contribution is -2.61. The molecule has 2 fully saturated rings. The molecule has 37 heavy (non-hydrogen) atoms. The second-order valence-corrected chi connectivity index (χ2v) is 13.1. The van der Waals surface area contributed by atoms with Crippen molar-refractivity contribution in [3.05, 3.63) is 0 Å². The van der Waals surface area contributed by atoms with Crippen LogP contribution in [0.2, 0.25) is 0 Å². The molecule has 12 nitrogen and oxygen atoms in total. The van der Waals surface area contributed by atoms with E-state index in [4.69, 9.17) is 0 Å². The van der Waals surface area contributed by atoms with Crippen molar-refractivity contribution in [2.45, 2.75) is 115 Å². The van der Waals surface area contributed by atoms with E-state index in [-0.39, 0.29) is 38.4 Å². The Bertz CT molecular complexity index is 822. The predicted molar refractivity (Wildman–Crippen MR) is 141 cm³/mol. The van der Waals surface area contributed by atoms with Crippen LogP contribution in [0.1, 0.15) is 81.1 Å². The van der Waals surface area contributed by atoms with Crippen molar-refractivity contribution in [1.82, 2.24) is 25.1 Å². The third-order valence-corrected chi connectivity index (χ3v) is 7.50. The highest BCUT2D eigenvalue weighted by Gasteiger charge is 2.47. The summed E-state index contributed by atoms with van der Waals surface area (Å²) in [7, 11) is 0. The predicted octanol–water partition coefficient (Wildman–Crippen LogP) is 2.22. The molecule has 0 amide bonds. The van der Waals surface area contributed by atoms with E-state index in [2.05, 4.69) is 25.6 Å². The molecule has 3 heterocycles. The van der Waals surface area contributed by atoms with Gasteiger partial charge in [-0.2, -0.15) is 15.0 Å². The normalized spacial score (nSPS) is 24.1. The number of anilines is 3. The Balaban J connectivity index is 1.92. The number of hydroxylamine groups is 4. The van der Waals surface area contributed by atoms with Crippen LogP contribution in [0.5, 0.6) is 0 Å². The highest BCUT2D eigenvalue weighted by atomic mass is 16.5. The molecule has 12 heteroatoms. The molecule has 2 aliphatic heterocycles. The van der Waals surface area contributed by atoms with Gasteiger partial charge >= 0.3 is 0 Å². The van der Waals surface area contributed by atoms with Crippen LogP contribution in [-0.2, 0) is 10.4 Å². The van der Waals surface area contributed by atoms with E-state index >= 15 is 0 Å². The lowest BCUT2D eigenvalue weighted by molar-refractivity contribution is -0.288. The fourth-order valence-corrected chi connectivity index (χ4v) is 6.28. The zero-order valence-electron chi connectivity index (χ0n) is 23.7. The molecule has 0 aromatic carbocycles. The van der Waals surface area contributed by atoms with E-state index in [0.29, 0.717) is 43.5 Å². The van der Waals surface area contributed by atoms with Crippen molar-refractivity contribution in [3.63, 3.8) is 0 Å². The molecule has 2 saturated heterocycles. The van der Waals surface area contributed by atoms with E-state index in [0.717, 1.165) is 0 Å². The van der Waals surface area contributed by atoms with Gasteiger partial charge in [0.1, 0.15) is 0 Å². The van der Waals surface area contributed by atoms with Crippen molar-refractivity contribution in [2.75, 3.05) is 41.8 Å². The zero-order chi connectivity index (χ0) is 27.8. The van der Waals surface area contributed by atoms with E-state index in [1.165, 1.54) is 10.1 Å². The van der Waals surface area contributed by atoms with Gasteiger partial charge in [0, 0.05) is 47.3 Å². The lowest BCUT2D eigenvalue weighted by Gasteiger charge is -2.50. The Labute approximate surface area is 221 Å². The second kappa shape index (κ2) is 10.7. The molecule has 0 bridgehead atoms. The number of hydrogen-bond donors (Lipinski definition) is 4. The third-order valence-electron chi connectivity index (χ3n) is 7.50. The first-order chi connectivity index (χ1) is 17.0.